The molecule has 60 heavy (non-hydrogen) atoms. The molecule has 2 fully saturated rings. The molecule has 0 radical (unpaired) electrons. The maximum Gasteiger partial charge on any atom is 0.146 e. The van der Waals surface area contributed by atoms with E-state index in [-0.39, 0.29) is 23.8 Å². The minimum atomic E-state index is -0.240. The van der Waals surface area contributed by atoms with Gasteiger partial charge in [-0.25, -0.2) is 28.7 Å². The van der Waals surface area contributed by atoms with E-state index in [1.165, 1.54) is 35.9 Å². The van der Waals surface area contributed by atoms with Gasteiger partial charge in [0.25, 0.3) is 0 Å². The summed E-state index contributed by atoms with van der Waals surface area (Å²) in [5.74, 6) is -0.0183. The molecular weight excluding hydrogens is 780 g/mol. The lowest BCUT2D eigenvalue weighted by molar-refractivity contribution is -0.0349. The zero-order valence-electron chi connectivity index (χ0n) is 32.9. The first-order valence-corrected chi connectivity index (χ1v) is 20.6. The molecule has 4 aromatic carbocycles. The molecule has 0 aliphatic heterocycles. The largest absolute Gasteiger partial charge is 0.383 e. The van der Waals surface area contributed by atoms with Crippen LogP contribution in [-0.4, -0.2) is 41.3 Å². The Kier molecular flexibility index (Phi) is 11.6. The molecule has 2 N–H and O–H groups in total. The second kappa shape index (κ2) is 17.7. The lowest BCUT2D eigenvalue weighted by Crippen LogP contribution is -2.33. The van der Waals surface area contributed by atoms with Crippen LogP contribution in [-0.2, 0) is 35.5 Å². The number of hydrogen-bond acceptors (Lipinski definition) is 7. The number of aromatic nitrogens is 6. The fourth-order valence-corrected chi connectivity index (χ4v) is 8.49. The van der Waals surface area contributed by atoms with Crippen molar-refractivity contribution >= 4 is 39.5 Å². The SMILES string of the molecule is Fc1cccc(Cc2cn(C3CC(OCc4ccccc4)C3)c3ncnc(Cl)c23)c1.Nc1ncnc2c1c(Cc1cccc(F)c1)cn2C1CC(OCc2ccccc2)C1. The van der Waals surface area contributed by atoms with Crippen LogP contribution in [0.5, 0.6) is 0 Å². The normalized spacial score (nSPS) is 18.4. The fraction of sp³-hybridized carbons (Fsp3) is 0.250. The lowest BCUT2D eigenvalue weighted by Gasteiger charge is -2.36. The highest BCUT2D eigenvalue weighted by Gasteiger charge is 2.34. The predicted octanol–water partition coefficient (Wildman–Crippen LogP) is 10.4. The van der Waals surface area contributed by atoms with Gasteiger partial charge in [-0.05, 0) is 96.2 Å². The first-order chi connectivity index (χ1) is 29.3. The van der Waals surface area contributed by atoms with Gasteiger partial charge in [-0.3, -0.25) is 0 Å². The number of fused-ring (bicyclic) bond motifs is 2. The van der Waals surface area contributed by atoms with Crippen molar-refractivity contribution in [1.82, 2.24) is 29.1 Å². The third-order valence-electron chi connectivity index (χ3n) is 11.5. The third-order valence-corrected chi connectivity index (χ3v) is 11.8. The lowest BCUT2D eigenvalue weighted by atomic mass is 9.89. The summed E-state index contributed by atoms with van der Waals surface area (Å²) in [6.07, 6.45) is 12.5. The molecule has 0 spiro atoms. The smallest absolute Gasteiger partial charge is 0.146 e. The molecule has 0 bridgehead atoms. The summed E-state index contributed by atoms with van der Waals surface area (Å²) in [5.41, 5.74) is 14.0. The number of nitrogens with two attached hydrogens (primary N) is 1. The Balaban J connectivity index is 0.000000154. The van der Waals surface area contributed by atoms with Crippen molar-refractivity contribution in [3.63, 3.8) is 0 Å². The highest BCUT2D eigenvalue weighted by Crippen LogP contribution is 2.41. The van der Waals surface area contributed by atoms with E-state index < -0.39 is 0 Å². The monoisotopic (exact) mass is 823 g/mol. The van der Waals surface area contributed by atoms with E-state index in [0.29, 0.717) is 49.1 Å². The van der Waals surface area contributed by atoms with Crippen LogP contribution < -0.4 is 5.73 Å². The summed E-state index contributed by atoms with van der Waals surface area (Å²) >= 11 is 6.42. The van der Waals surface area contributed by atoms with Crippen molar-refractivity contribution in [2.24, 2.45) is 0 Å². The van der Waals surface area contributed by atoms with Gasteiger partial charge in [-0.1, -0.05) is 96.5 Å². The predicted molar refractivity (Wildman–Crippen MR) is 229 cm³/mol. The Morgan fingerprint density at radius 3 is 1.52 bits per heavy atom. The molecule has 0 saturated heterocycles. The molecule has 2 saturated carbocycles. The fourth-order valence-electron chi connectivity index (χ4n) is 8.25. The minimum absolute atomic E-state index is 0.233. The first kappa shape index (κ1) is 39.5. The molecule has 4 aromatic heterocycles. The van der Waals surface area contributed by atoms with Gasteiger partial charge < -0.3 is 24.3 Å². The van der Waals surface area contributed by atoms with E-state index in [1.54, 1.807) is 24.3 Å². The third kappa shape index (κ3) is 8.79. The number of anilines is 1. The van der Waals surface area contributed by atoms with Crippen LogP contribution in [0.4, 0.5) is 14.6 Å². The highest BCUT2D eigenvalue weighted by atomic mass is 35.5. The standard InChI is InChI=1S/C24H21ClFN3O.C24H23FN4O/c25-23-22-18(9-17-7-4-8-19(26)10-17)13-29(24(22)28-15-27-23)20-11-21(12-20)30-14-16-5-2-1-3-6-16;25-19-8-4-7-17(10-19)9-18-13-29(24-22(18)23(26)27-15-28-24)20-11-21(12-20)30-14-16-5-2-1-3-6-16/h1-8,10,13,15,20-21H,9,11-12,14H2;1-8,10,13,15,20-21H,9,11-12,14H2,(H2,26,27,28). The van der Waals surface area contributed by atoms with E-state index in [4.69, 9.17) is 26.8 Å². The van der Waals surface area contributed by atoms with Gasteiger partial charge in [0.15, 0.2) is 0 Å². The molecule has 10 rings (SSSR count). The highest BCUT2D eigenvalue weighted by molar-refractivity contribution is 6.34. The maximum absolute atomic E-state index is 13.6. The summed E-state index contributed by atoms with van der Waals surface area (Å²) in [6, 6.07) is 34.3. The molecule has 0 atom stereocenters. The summed E-state index contributed by atoms with van der Waals surface area (Å²) in [7, 11) is 0. The molecule has 304 valence electrons. The number of hydrogen-bond donors (Lipinski definition) is 1. The summed E-state index contributed by atoms with van der Waals surface area (Å²) in [5, 5.41) is 2.13. The Bertz CT molecular complexity index is 2530. The maximum atomic E-state index is 13.6. The zero-order chi connectivity index (χ0) is 41.0. The number of ether oxygens (including phenoxy) is 2. The van der Waals surface area contributed by atoms with E-state index in [0.717, 1.165) is 70.0 Å². The van der Waals surface area contributed by atoms with E-state index >= 15 is 0 Å². The van der Waals surface area contributed by atoms with Crippen molar-refractivity contribution in [2.75, 3.05) is 5.73 Å². The molecule has 9 nitrogen and oxygen atoms in total. The molecule has 12 heteroatoms. The molecule has 2 aliphatic carbocycles. The molecule has 0 amide bonds. The van der Waals surface area contributed by atoms with Crippen molar-refractivity contribution in [2.45, 2.75) is 76.0 Å². The molecular formula is C48H44ClF2N7O2. The quantitative estimate of drug-likeness (QED) is 0.122. The molecule has 0 unspecified atom stereocenters. The van der Waals surface area contributed by atoms with Gasteiger partial charge in [-0.15, -0.1) is 0 Å². The van der Waals surface area contributed by atoms with Gasteiger partial charge in [0, 0.05) is 24.5 Å². The Morgan fingerprint density at radius 2 is 1.02 bits per heavy atom. The zero-order valence-corrected chi connectivity index (χ0v) is 33.6. The topological polar surface area (TPSA) is 106 Å². The molecule has 8 aromatic rings. The number of rotatable bonds is 12. The van der Waals surface area contributed by atoms with Crippen LogP contribution in [0.15, 0.2) is 134 Å². The summed E-state index contributed by atoms with van der Waals surface area (Å²) in [6.45, 7) is 1.26. The second-order valence-corrected chi connectivity index (χ2v) is 16.0. The van der Waals surface area contributed by atoms with E-state index in [2.05, 4.69) is 65.7 Å². The number of nitrogens with zero attached hydrogens (tertiary/aromatic N) is 6. The van der Waals surface area contributed by atoms with Gasteiger partial charge >= 0.3 is 0 Å². The Morgan fingerprint density at radius 1 is 0.567 bits per heavy atom. The number of nitrogen functional groups attached to an aromatic ring is 1. The van der Waals surface area contributed by atoms with Crippen molar-refractivity contribution in [1.29, 1.82) is 0 Å². The Labute approximate surface area is 351 Å². The van der Waals surface area contributed by atoms with Gasteiger partial charge in [-0.2, -0.15) is 0 Å². The van der Waals surface area contributed by atoms with Crippen molar-refractivity contribution < 1.29 is 18.3 Å². The van der Waals surface area contributed by atoms with E-state index in [9.17, 15) is 8.78 Å². The Hall–Kier alpha value is -6.01. The minimum Gasteiger partial charge on any atom is -0.383 e. The number of benzene rings is 4. The number of halogens is 3. The van der Waals surface area contributed by atoms with Crippen LogP contribution in [0.25, 0.3) is 22.1 Å². The van der Waals surface area contributed by atoms with Crippen LogP contribution in [0, 0.1) is 11.6 Å². The molecule has 2 aliphatic rings. The van der Waals surface area contributed by atoms with Crippen LogP contribution in [0.2, 0.25) is 5.15 Å². The van der Waals surface area contributed by atoms with Crippen molar-refractivity contribution in [3.8, 4) is 0 Å². The average Bonchev–Trinajstić information content (AvgIpc) is 3.77. The van der Waals surface area contributed by atoms with E-state index in [1.807, 2.05) is 48.5 Å². The van der Waals surface area contributed by atoms with Gasteiger partial charge in [0.1, 0.15) is 46.6 Å². The van der Waals surface area contributed by atoms with Gasteiger partial charge in [0.2, 0.25) is 0 Å². The first-order valence-electron chi connectivity index (χ1n) is 20.2. The average molecular weight is 824 g/mol. The van der Waals surface area contributed by atoms with Crippen LogP contribution >= 0.6 is 11.6 Å². The summed E-state index contributed by atoms with van der Waals surface area (Å²) in [4.78, 5) is 17.3. The summed E-state index contributed by atoms with van der Waals surface area (Å²) < 4.78 is 43.7. The van der Waals surface area contributed by atoms with Crippen LogP contribution in [0.1, 0.15) is 71.1 Å². The second-order valence-electron chi connectivity index (χ2n) is 15.6. The van der Waals surface area contributed by atoms with Crippen LogP contribution in [0.3, 0.4) is 0 Å². The van der Waals surface area contributed by atoms with Gasteiger partial charge in [0.05, 0.1) is 36.2 Å². The van der Waals surface area contributed by atoms with Crippen molar-refractivity contribution in [3.05, 3.63) is 184 Å². The molecule has 4 heterocycles.